The number of anilines is 1. The molecule has 3 aliphatic heterocycles. The molecule has 4 heterocycles. The second kappa shape index (κ2) is 15.4. The van der Waals surface area contributed by atoms with Gasteiger partial charge in [0.05, 0.1) is 37.3 Å². The van der Waals surface area contributed by atoms with E-state index in [-0.39, 0.29) is 30.8 Å². The highest BCUT2D eigenvalue weighted by Crippen LogP contribution is 2.34. The number of rotatable bonds is 10. The Kier molecular flexibility index (Phi) is 11.2. The summed E-state index contributed by atoms with van der Waals surface area (Å²) in [5, 5.41) is 10.9. The average Bonchev–Trinajstić information content (AvgIpc) is 3.55. The molecule has 1 aromatic carbocycles. The monoisotopic (exact) mass is 620 g/mol. The number of nitriles is 1. The molecule has 9 nitrogen and oxygen atoms in total. The minimum absolute atomic E-state index is 0.0714. The zero-order valence-electron chi connectivity index (χ0n) is 26.0. The van der Waals surface area contributed by atoms with Gasteiger partial charge in [-0.3, -0.25) is 9.59 Å². The number of hydrogen-bond acceptors (Lipinski definition) is 9. The Labute approximate surface area is 265 Å². The number of nitrogens with zero attached hydrogens (tertiary/aromatic N) is 4. The van der Waals surface area contributed by atoms with Crippen LogP contribution in [0.4, 0.5) is 5.00 Å². The van der Waals surface area contributed by atoms with Crippen LogP contribution in [0.25, 0.3) is 11.6 Å². The van der Waals surface area contributed by atoms with E-state index in [2.05, 4.69) is 21.9 Å². The molecule has 1 amide bonds. The van der Waals surface area contributed by atoms with E-state index in [0.717, 1.165) is 67.3 Å². The normalized spacial score (nSPS) is 19.0. The predicted octanol–water partition coefficient (Wildman–Crippen LogP) is 5.60. The molecule has 1 aromatic heterocycles. The van der Waals surface area contributed by atoms with E-state index in [0.29, 0.717) is 23.1 Å². The van der Waals surface area contributed by atoms with Gasteiger partial charge in [0.15, 0.2) is 11.5 Å². The Morgan fingerprint density at radius 3 is 2.32 bits per heavy atom. The first-order valence-corrected chi connectivity index (χ1v) is 16.7. The van der Waals surface area contributed by atoms with Gasteiger partial charge in [-0.05, 0) is 80.7 Å². The third-order valence-electron chi connectivity index (χ3n) is 9.03. The van der Waals surface area contributed by atoms with E-state index in [1.54, 1.807) is 31.6 Å². The smallest absolute Gasteiger partial charge is 0.306 e. The summed E-state index contributed by atoms with van der Waals surface area (Å²) in [6.07, 6.45) is 9.64. The largest absolute Gasteiger partial charge is 0.493 e. The van der Waals surface area contributed by atoms with Gasteiger partial charge in [-0.15, -0.1) is 11.3 Å². The number of carbonyl (C=O) groups is 2. The summed E-state index contributed by atoms with van der Waals surface area (Å²) in [5.74, 6) is 0.995. The molecule has 2 aromatic rings. The van der Waals surface area contributed by atoms with Gasteiger partial charge in [-0.2, -0.15) is 5.26 Å². The van der Waals surface area contributed by atoms with Crippen molar-refractivity contribution in [3.63, 3.8) is 0 Å². The van der Waals surface area contributed by atoms with Crippen LogP contribution < -0.4 is 14.4 Å². The van der Waals surface area contributed by atoms with Crippen molar-refractivity contribution in [2.24, 2.45) is 0 Å². The molecule has 0 unspecified atom stereocenters. The summed E-state index contributed by atoms with van der Waals surface area (Å²) >= 11 is 1.63. The van der Waals surface area contributed by atoms with Gasteiger partial charge >= 0.3 is 5.97 Å². The number of allylic oxidation sites excluding steroid dienone is 1. The number of carbonyl (C=O) groups excluding carboxylic acids is 2. The van der Waals surface area contributed by atoms with Crippen LogP contribution in [-0.4, -0.2) is 87.3 Å². The lowest BCUT2D eigenvalue weighted by atomic mass is 9.99. The zero-order chi connectivity index (χ0) is 30.9. The van der Waals surface area contributed by atoms with Gasteiger partial charge in [-0.1, -0.05) is 6.42 Å². The number of thiophene rings is 1. The Balaban J connectivity index is 1.04. The van der Waals surface area contributed by atoms with Crippen molar-refractivity contribution in [1.82, 2.24) is 9.80 Å². The van der Waals surface area contributed by atoms with Gasteiger partial charge in [0, 0.05) is 56.4 Å². The molecule has 0 spiro atoms. The van der Waals surface area contributed by atoms with Crippen molar-refractivity contribution >= 4 is 39.9 Å². The van der Waals surface area contributed by atoms with E-state index < -0.39 is 0 Å². The molecule has 3 fully saturated rings. The summed E-state index contributed by atoms with van der Waals surface area (Å²) in [7, 11) is 3.16. The molecular formula is C34H44N4O5S. The van der Waals surface area contributed by atoms with Crippen molar-refractivity contribution in [1.29, 1.82) is 5.26 Å². The second-order valence-electron chi connectivity index (χ2n) is 11.8. The Hall–Kier alpha value is -3.55. The molecule has 0 saturated carbocycles. The highest BCUT2D eigenvalue weighted by molar-refractivity contribution is 7.17. The highest BCUT2D eigenvalue weighted by Gasteiger charge is 2.28. The molecule has 3 aliphatic rings. The van der Waals surface area contributed by atoms with Crippen LogP contribution >= 0.6 is 11.3 Å². The van der Waals surface area contributed by atoms with Gasteiger partial charge in [0.2, 0.25) is 5.91 Å². The van der Waals surface area contributed by atoms with E-state index in [1.807, 2.05) is 29.2 Å². The summed E-state index contributed by atoms with van der Waals surface area (Å²) < 4.78 is 16.5. The molecule has 0 bridgehead atoms. The third kappa shape index (κ3) is 8.13. The number of likely N-dealkylation sites (tertiary alicyclic amines) is 2. The third-order valence-corrected chi connectivity index (χ3v) is 10.1. The second-order valence-corrected chi connectivity index (χ2v) is 12.9. The molecule has 0 aliphatic carbocycles. The molecule has 236 valence electrons. The number of amides is 1. The van der Waals surface area contributed by atoms with Crippen LogP contribution in [-0.2, 0) is 14.3 Å². The van der Waals surface area contributed by atoms with Crippen molar-refractivity contribution < 1.29 is 23.8 Å². The lowest BCUT2D eigenvalue weighted by Crippen LogP contribution is -2.48. The Morgan fingerprint density at radius 2 is 1.64 bits per heavy atom. The minimum Gasteiger partial charge on any atom is -0.493 e. The molecule has 3 saturated heterocycles. The summed E-state index contributed by atoms with van der Waals surface area (Å²) in [4.78, 5) is 33.2. The maximum Gasteiger partial charge on any atom is 0.306 e. The number of hydrogen-bond donors (Lipinski definition) is 0. The van der Waals surface area contributed by atoms with Crippen LogP contribution in [0.15, 0.2) is 30.3 Å². The summed E-state index contributed by atoms with van der Waals surface area (Å²) in [6.45, 7) is 5.55. The van der Waals surface area contributed by atoms with Gasteiger partial charge < -0.3 is 28.9 Å². The molecule has 0 radical (unpaired) electrons. The number of piperidine rings is 3. The van der Waals surface area contributed by atoms with Crippen LogP contribution in [0, 0.1) is 11.3 Å². The SMILES string of the molecule is COc1ccc(/C(C#N)=C/c2ccc(N3CCC(OC(=O)CCC(=O)N4CCC(N5CCCCC5)CC4)CC3)s2)cc1OC. The Morgan fingerprint density at radius 1 is 0.909 bits per heavy atom. The van der Waals surface area contributed by atoms with Crippen LogP contribution in [0.5, 0.6) is 11.5 Å². The van der Waals surface area contributed by atoms with Crippen LogP contribution in [0.2, 0.25) is 0 Å². The first-order valence-electron chi connectivity index (χ1n) is 15.9. The van der Waals surface area contributed by atoms with Gasteiger partial charge in [0.1, 0.15) is 6.10 Å². The number of benzene rings is 1. The molecule has 44 heavy (non-hydrogen) atoms. The summed E-state index contributed by atoms with van der Waals surface area (Å²) in [5.41, 5.74) is 1.31. The maximum atomic E-state index is 12.8. The quantitative estimate of drug-likeness (QED) is 0.250. The van der Waals surface area contributed by atoms with Crippen molar-refractivity contribution in [2.45, 2.75) is 69.9 Å². The topological polar surface area (TPSA) is 95.3 Å². The fourth-order valence-corrected chi connectivity index (χ4v) is 7.49. The lowest BCUT2D eigenvalue weighted by Gasteiger charge is -2.40. The number of methoxy groups -OCH3 is 2. The Bertz CT molecular complexity index is 1350. The molecule has 10 heteroatoms. The van der Waals surface area contributed by atoms with Gasteiger partial charge in [0.25, 0.3) is 0 Å². The lowest BCUT2D eigenvalue weighted by molar-refractivity contribution is -0.152. The first kappa shape index (κ1) is 31.9. The summed E-state index contributed by atoms with van der Waals surface area (Å²) in [6, 6.07) is 12.5. The van der Waals surface area contributed by atoms with E-state index >= 15 is 0 Å². The highest BCUT2D eigenvalue weighted by atomic mass is 32.1. The number of esters is 1. The fraction of sp³-hybridized carbons (Fsp3) is 0.559. The van der Waals surface area contributed by atoms with E-state index in [9.17, 15) is 14.9 Å². The molecule has 5 rings (SSSR count). The van der Waals surface area contributed by atoms with Crippen LogP contribution in [0.3, 0.4) is 0 Å². The van der Waals surface area contributed by atoms with Crippen molar-refractivity contribution in [3.8, 4) is 17.6 Å². The zero-order valence-corrected chi connectivity index (χ0v) is 26.8. The minimum atomic E-state index is -0.275. The maximum absolute atomic E-state index is 12.8. The number of ether oxygens (including phenoxy) is 3. The first-order chi connectivity index (χ1) is 21.5. The van der Waals surface area contributed by atoms with Crippen molar-refractivity contribution in [3.05, 3.63) is 40.8 Å². The van der Waals surface area contributed by atoms with E-state index in [1.165, 1.54) is 32.4 Å². The van der Waals surface area contributed by atoms with E-state index in [4.69, 9.17) is 14.2 Å². The average molecular weight is 621 g/mol. The predicted molar refractivity (Wildman–Crippen MR) is 173 cm³/mol. The standard InChI is InChI=1S/C34H44N4O5S/c1-41-30-8-6-25(23-31(30)42-2)26(24-35)22-29-7-10-33(44-29)38-20-14-28(15-21-38)43-34(40)11-9-32(39)37-18-12-27(13-19-37)36-16-4-3-5-17-36/h6-8,10,22-23,27-28H,3-5,9,11-21H2,1-2H3/b26-22+. The molecule has 0 atom stereocenters. The molecular weight excluding hydrogens is 576 g/mol. The van der Waals surface area contributed by atoms with Gasteiger partial charge in [-0.25, -0.2) is 0 Å². The fourth-order valence-electron chi connectivity index (χ4n) is 6.49. The van der Waals surface area contributed by atoms with Crippen molar-refractivity contribution in [2.75, 3.05) is 58.4 Å². The molecule has 0 N–H and O–H groups in total. The van der Waals surface area contributed by atoms with Crippen LogP contribution in [0.1, 0.15) is 68.2 Å².